The van der Waals surface area contributed by atoms with Crippen molar-refractivity contribution < 1.29 is 4.42 Å². The summed E-state index contributed by atoms with van der Waals surface area (Å²) in [5.41, 5.74) is 10.6. The van der Waals surface area contributed by atoms with E-state index < -0.39 is 0 Å². The van der Waals surface area contributed by atoms with Gasteiger partial charge in [-0.25, -0.2) is 4.98 Å². The minimum atomic E-state index is 0.634. The van der Waals surface area contributed by atoms with Crippen molar-refractivity contribution in [2.24, 2.45) is 0 Å². The third kappa shape index (κ3) is 5.28. The van der Waals surface area contributed by atoms with Crippen molar-refractivity contribution in [1.82, 2.24) is 4.98 Å². The summed E-state index contributed by atoms with van der Waals surface area (Å²) in [4.78, 5) is 7.20. The minimum absolute atomic E-state index is 0.634. The van der Waals surface area contributed by atoms with E-state index >= 15 is 0 Å². The van der Waals surface area contributed by atoms with E-state index in [0.29, 0.717) is 5.89 Å². The van der Waals surface area contributed by atoms with Gasteiger partial charge in [0.25, 0.3) is 0 Å². The smallest absolute Gasteiger partial charge is 0.227 e. The number of benzene rings is 9. The maximum absolute atomic E-state index is 6.51. The number of hydrogen-bond acceptors (Lipinski definition) is 3. The Morgan fingerprint density at radius 2 is 0.942 bits per heavy atom. The summed E-state index contributed by atoms with van der Waals surface area (Å²) < 4.78 is 6.51. The maximum atomic E-state index is 6.51. The van der Waals surface area contributed by atoms with Crippen LogP contribution in [0.4, 0.5) is 17.1 Å². The fourth-order valence-electron chi connectivity index (χ4n) is 7.43. The van der Waals surface area contributed by atoms with Gasteiger partial charge < -0.3 is 9.32 Å². The molecule has 1 heterocycles. The summed E-state index contributed by atoms with van der Waals surface area (Å²) in [7, 11) is 0. The van der Waals surface area contributed by atoms with Crippen molar-refractivity contribution in [3.8, 4) is 33.7 Å². The van der Waals surface area contributed by atoms with Crippen molar-refractivity contribution in [3.63, 3.8) is 0 Å². The predicted octanol–water partition coefficient (Wildman–Crippen LogP) is 13.8. The first-order valence-corrected chi connectivity index (χ1v) is 17.6. The summed E-state index contributed by atoms with van der Waals surface area (Å²) >= 11 is 0. The average molecular weight is 665 g/mol. The van der Waals surface area contributed by atoms with Gasteiger partial charge in [-0.3, -0.25) is 0 Å². The first-order valence-electron chi connectivity index (χ1n) is 17.6. The number of aromatic nitrogens is 1. The van der Waals surface area contributed by atoms with Crippen LogP contribution in [0.15, 0.2) is 199 Å². The van der Waals surface area contributed by atoms with E-state index in [9.17, 15) is 0 Å². The van der Waals surface area contributed by atoms with Crippen LogP contribution in [0.2, 0.25) is 0 Å². The van der Waals surface area contributed by atoms with Crippen LogP contribution in [-0.4, -0.2) is 4.98 Å². The van der Waals surface area contributed by atoms with Crippen LogP contribution in [0.5, 0.6) is 0 Å². The van der Waals surface area contributed by atoms with Gasteiger partial charge in [-0.1, -0.05) is 127 Å². The third-order valence-corrected chi connectivity index (χ3v) is 10.0. The van der Waals surface area contributed by atoms with E-state index in [4.69, 9.17) is 9.40 Å². The molecule has 10 aromatic rings. The van der Waals surface area contributed by atoms with Crippen LogP contribution in [-0.2, 0) is 0 Å². The molecular formula is C49H32N2O. The lowest BCUT2D eigenvalue weighted by molar-refractivity contribution is 0.623. The molecule has 0 aliphatic heterocycles. The average Bonchev–Trinajstić information content (AvgIpc) is 3.67. The van der Waals surface area contributed by atoms with E-state index in [1.165, 1.54) is 21.9 Å². The van der Waals surface area contributed by atoms with Gasteiger partial charge in [0.2, 0.25) is 5.89 Å². The monoisotopic (exact) mass is 664 g/mol. The van der Waals surface area contributed by atoms with E-state index in [1.807, 2.05) is 30.3 Å². The molecule has 3 heteroatoms. The van der Waals surface area contributed by atoms with Gasteiger partial charge in [0, 0.05) is 28.0 Å². The molecule has 52 heavy (non-hydrogen) atoms. The Kier molecular flexibility index (Phi) is 7.14. The number of rotatable bonds is 6. The van der Waals surface area contributed by atoms with E-state index in [-0.39, 0.29) is 0 Å². The lowest BCUT2D eigenvalue weighted by Crippen LogP contribution is -2.09. The number of hydrogen-bond donors (Lipinski definition) is 0. The van der Waals surface area contributed by atoms with Crippen molar-refractivity contribution in [2.45, 2.75) is 0 Å². The molecule has 244 valence electrons. The molecule has 0 aliphatic carbocycles. The quantitative estimate of drug-likeness (QED) is 0.166. The molecule has 0 spiro atoms. The second-order valence-corrected chi connectivity index (χ2v) is 13.2. The van der Waals surface area contributed by atoms with Crippen molar-refractivity contribution in [2.75, 3.05) is 4.90 Å². The molecule has 0 saturated carbocycles. The Hall–Kier alpha value is -6.97. The Labute approximate surface area is 301 Å². The predicted molar refractivity (Wildman–Crippen MR) is 218 cm³/mol. The fourth-order valence-corrected chi connectivity index (χ4v) is 7.43. The highest BCUT2D eigenvalue weighted by Crippen LogP contribution is 2.40. The number of para-hydroxylation sites is 1. The normalized spacial score (nSPS) is 11.5. The second-order valence-electron chi connectivity index (χ2n) is 13.2. The Morgan fingerprint density at radius 3 is 1.77 bits per heavy atom. The molecule has 0 radical (unpaired) electrons. The lowest BCUT2D eigenvalue weighted by atomic mass is 9.96. The lowest BCUT2D eigenvalue weighted by Gasteiger charge is -2.26. The first-order chi connectivity index (χ1) is 25.7. The van der Waals surface area contributed by atoms with E-state index in [1.54, 1.807) is 0 Å². The molecule has 0 aliphatic rings. The van der Waals surface area contributed by atoms with Gasteiger partial charge >= 0.3 is 0 Å². The van der Waals surface area contributed by atoms with Gasteiger partial charge in [-0.05, 0) is 116 Å². The Balaban J connectivity index is 1.06. The van der Waals surface area contributed by atoms with Crippen LogP contribution >= 0.6 is 0 Å². The van der Waals surface area contributed by atoms with Crippen LogP contribution in [0, 0.1) is 0 Å². The van der Waals surface area contributed by atoms with Gasteiger partial charge in [-0.2, -0.15) is 0 Å². The molecule has 0 atom stereocenters. The highest BCUT2D eigenvalue weighted by molar-refractivity contribution is 6.18. The molecule has 0 N–H and O–H groups in total. The van der Waals surface area contributed by atoms with Crippen LogP contribution < -0.4 is 4.90 Å². The summed E-state index contributed by atoms with van der Waals surface area (Å²) in [6.45, 7) is 0. The molecule has 10 rings (SSSR count). The van der Waals surface area contributed by atoms with Crippen molar-refractivity contribution >= 4 is 60.5 Å². The molecule has 3 nitrogen and oxygen atoms in total. The molecule has 0 unspecified atom stereocenters. The number of oxazole rings is 1. The highest BCUT2D eigenvalue weighted by Gasteiger charge is 2.16. The molecule has 0 fully saturated rings. The summed E-state index contributed by atoms with van der Waals surface area (Å²) in [6, 6.07) is 68.9. The molecule has 9 aromatic carbocycles. The number of anilines is 3. The van der Waals surface area contributed by atoms with Gasteiger partial charge in [0.05, 0.1) is 0 Å². The van der Waals surface area contributed by atoms with Crippen LogP contribution in [0.25, 0.3) is 77.1 Å². The summed E-state index contributed by atoms with van der Waals surface area (Å²) in [5.74, 6) is 0.634. The standard InChI is InChI=1S/C49H32N2O/c1-3-11-37(12-4-1)49-50-46-29-26-36-21-19-35-20-23-41(32-45(35)47(36)48(46)52-49)39-14-9-17-44(31-39)51(42-15-5-2-6-16-42)43-27-24-34(25-28-43)40-22-18-33-10-7-8-13-38(33)30-40/h1-32H. The zero-order valence-electron chi connectivity index (χ0n) is 28.3. The number of nitrogens with zero attached hydrogens (tertiary/aromatic N) is 2. The summed E-state index contributed by atoms with van der Waals surface area (Å²) in [6.07, 6.45) is 0. The topological polar surface area (TPSA) is 29.3 Å². The maximum Gasteiger partial charge on any atom is 0.227 e. The molecule has 0 bridgehead atoms. The molecular weight excluding hydrogens is 633 g/mol. The van der Waals surface area contributed by atoms with Gasteiger partial charge in [0.1, 0.15) is 5.52 Å². The van der Waals surface area contributed by atoms with Crippen molar-refractivity contribution in [1.29, 1.82) is 0 Å². The SMILES string of the molecule is c1ccc(-c2nc3ccc4ccc5ccc(-c6cccc(N(c7ccccc7)c7ccc(-c8ccc9ccccc9c8)cc7)c6)cc5c4c3o2)cc1. The first kappa shape index (κ1) is 29.9. The largest absolute Gasteiger partial charge is 0.435 e. The molecule has 0 saturated heterocycles. The Morgan fingerprint density at radius 1 is 0.365 bits per heavy atom. The van der Waals surface area contributed by atoms with E-state index in [0.717, 1.165) is 66.4 Å². The summed E-state index contributed by atoms with van der Waals surface area (Å²) in [5, 5.41) is 7.02. The van der Waals surface area contributed by atoms with E-state index in [2.05, 4.69) is 169 Å². The highest BCUT2D eigenvalue weighted by atomic mass is 16.3. The second kappa shape index (κ2) is 12.4. The van der Waals surface area contributed by atoms with Gasteiger partial charge in [0.15, 0.2) is 5.58 Å². The van der Waals surface area contributed by atoms with Gasteiger partial charge in [-0.15, -0.1) is 0 Å². The minimum Gasteiger partial charge on any atom is -0.435 e. The molecule has 0 amide bonds. The zero-order chi connectivity index (χ0) is 34.4. The number of fused-ring (bicyclic) bond motifs is 6. The third-order valence-electron chi connectivity index (χ3n) is 10.0. The van der Waals surface area contributed by atoms with Crippen LogP contribution in [0.1, 0.15) is 0 Å². The van der Waals surface area contributed by atoms with Crippen molar-refractivity contribution in [3.05, 3.63) is 194 Å². The molecule has 1 aromatic heterocycles. The zero-order valence-corrected chi connectivity index (χ0v) is 28.3. The Bertz CT molecular complexity index is 2890. The van der Waals surface area contributed by atoms with Crippen LogP contribution in [0.3, 0.4) is 0 Å². The fraction of sp³-hybridized carbons (Fsp3) is 0.